The predicted octanol–water partition coefficient (Wildman–Crippen LogP) is 31.9. The lowest BCUT2D eigenvalue weighted by Gasteiger charge is -2.09. The number of hydrogen-bond donors (Lipinski definition) is 0. The maximum Gasteiger partial charge on any atom is 0.302 e. The Bertz CT molecular complexity index is 2490. The van der Waals surface area contributed by atoms with Gasteiger partial charge in [-0.15, -0.1) is 6.58 Å². The molecule has 0 aromatic carbocycles. The molecule has 0 aliphatic rings. The molecule has 0 saturated carbocycles. The normalized spacial score (nSPS) is 11.9. The first-order valence-electron chi connectivity index (χ1n) is 44.0. The lowest BCUT2D eigenvalue weighted by molar-refractivity contribution is -0.142. The highest BCUT2D eigenvalue weighted by atomic mass is 16.5. The lowest BCUT2D eigenvalue weighted by Crippen LogP contribution is -2.05. The molecule has 0 bridgehead atoms. The minimum absolute atomic E-state index is 0.179. The first kappa shape index (κ1) is 127. The van der Waals surface area contributed by atoms with Crippen LogP contribution in [0.2, 0.25) is 0 Å². The molecule has 11 nitrogen and oxygen atoms in total. The Hall–Kier alpha value is -6.36. The van der Waals surface area contributed by atoms with Gasteiger partial charge in [-0.25, -0.2) is 0 Å². The smallest absolute Gasteiger partial charge is 0.302 e. The monoisotopic (exact) mass is 1610 g/mol. The molecule has 115 heavy (non-hydrogen) atoms. The van der Waals surface area contributed by atoms with E-state index in [1.54, 1.807) is 6.08 Å². The third-order valence-corrected chi connectivity index (χ3v) is 17.4. The molecule has 0 aliphatic heterocycles. The average molecular weight is 1610 g/mol. The van der Waals surface area contributed by atoms with Crippen LogP contribution in [-0.2, 0) is 52.5 Å². The molecule has 0 heterocycles. The molecule has 670 valence electrons. The summed E-state index contributed by atoms with van der Waals surface area (Å²) in [7, 11) is 0. The van der Waals surface area contributed by atoms with Crippen LogP contribution in [0.15, 0.2) is 153 Å². The van der Waals surface area contributed by atoms with Crippen LogP contribution in [0.1, 0.15) is 402 Å². The topological polar surface area (TPSA) is 149 Å². The first-order valence-corrected chi connectivity index (χ1v) is 44.0. The molecule has 7 atom stereocenters. The van der Waals surface area contributed by atoms with Gasteiger partial charge in [-0.2, -0.15) is 0 Å². The Morgan fingerprint density at radius 1 is 0.278 bits per heavy atom. The molecular weight excluding hydrogens is 1430 g/mol. The summed E-state index contributed by atoms with van der Waals surface area (Å²) in [6, 6.07) is 0. The number of carbonyl (C=O) groups is 6. The Labute approximate surface area is 714 Å². The van der Waals surface area contributed by atoms with Crippen molar-refractivity contribution in [1.82, 2.24) is 0 Å². The molecule has 0 rings (SSSR count). The zero-order valence-corrected chi connectivity index (χ0v) is 81.9. The van der Waals surface area contributed by atoms with E-state index >= 15 is 0 Å². The van der Waals surface area contributed by atoms with Crippen molar-refractivity contribution >= 4 is 36.1 Å². The second kappa shape index (κ2) is 93.1. The van der Waals surface area contributed by atoms with Gasteiger partial charge in [0.1, 0.15) is 6.29 Å². The summed E-state index contributed by atoms with van der Waals surface area (Å²) in [5.74, 6) is 3.96. The molecule has 0 aromatic rings. The lowest BCUT2D eigenvalue weighted by atomic mass is 10.00. The molecule has 0 fully saturated rings. The summed E-state index contributed by atoms with van der Waals surface area (Å²) in [6.07, 6.45) is 56.7. The van der Waals surface area contributed by atoms with Crippen molar-refractivity contribution < 1.29 is 52.5 Å². The van der Waals surface area contributed by atoms with E-state index in [1.165, 1.54) is 161 Å². The summed E-state index contributed by atoms with van der Waals surface area (Å²) in [6.45, 7) is 79.9. The van der Waals surface area contributed by atoms with Gasteiger partial charge in [-0.05, 0) is 347 Å². The Morgan fingerprint density at radius 3 is 0.643 bits per heavy atom. The number of carbonyl (C=O) groups excluding carboxylic acids is 6. The molecule has 0 aliphatic carbocycles. The molecule has 0 N–H and O–H groups in total. The molecule has 0 spiro atoms. The second-order valence-corrected chi connectivity index (χ2v) is 34.3. The molecule has 11 heteroatoms. The van der Waals surface area contributed by atoms with Gasteiger partial charge in [0, 0.05) is 34.6 Å². The number of ether oxygens (including phenoxy) is 5. The van der Waals surface area contributed by atoms with Crippen LogP contribution >= 0.6 is 0 Å². The van der Waals surface area contributed by atoms with Crippen LogP contribution in [-0.4, -0.2) is 69.2 Å². The van der Waals surface area contributed by atoms with E-state index in [0.717, 1.165) is 126 Å². The van der Waals surface area contributed by atoms with Gasteiger partial charge in [0.2, 0.25) is 0 Å². The van der Waals surface area contributed by atoms with Gasteiger partial charge in [-0.1, -0.05) is 209 Å². The third-order valence-electron chi connectivity index (χ3n) is 17.4. The van der Waals surface area contributed by atoms with Gasteiger partial charge in [0.25, 0.3) is 0 Å². The van der Waals surface area contributed by atoms with Crippen LogP contribution in [0.3, 0.4) is 0 Å². The van der Waals surface area contributed by atoms with Crippen LogP contribution < -0.4 is 0 Å². The Kier molecular flexibility index (Phi) is 103. The maximum absolute atomic E-state index is 10.5. The van der Waals surface area contributed by atoms with Crippen molar-refractivity contribution in [3.8, 4) is 0 Å². The largest absolute Gasteiger partial charge is 0.466 e. The van der Waals surface area contributed by atoms with Crippen LogP contribution in [0.25, 0.3) is 0 Å². The van der Waals surface area contributed by atoms with Gasteiger partial charge in [0.05, 0.1) is 33.0 Å². The number of hydrogen-bond acceptors (Lipinski definition) is 11. The van der Waals surface area contributed by atoms with Crippen LogP contribution in [0.5, 0.6) is 0 Å². The quantitative estimate of drug-likeness (QED) is 0.0143. The SMILES string of the molecule is C=C(C)/C=C(/C)CCC=C(C)C.C=CCC(C)CCC=C(C)C.CC(=O)OCCC(C)CCC=C(C)C.CC(=O)OCCC(C)CCC=C(C)C.CC(=O)OCCC(C)CCC=C(C)C.CC(=O)OCCC(C)CCC=C(C)C.CC(=O)OCCC(C)CCC=C(C)C.CC(C)=CCC/C(C)=C/C=O.CCCC(C)CCC=C(C)C. The fraction of sp³-hybridized carbons (Fsp3) is 0.692. The van der Waals surface area contributed by atoms with Crippen LogP contribution in [0, 0.1) is 41.4 Å². The maximum atomic E-state index is 10.5. The van der Waals surface area contributed by atoms with E-state index in [2.05, 4.69) is 261 Å². The number of aldehydes is 1. The summed E-state index contributed by atoms with van der Waals surface area (Å²) in [5, 5.41) is 0. The highest BCUT2D eigenvalue weighted by Crippen LogP contribution is 2.18. The van der Waals surface area contributed by atoms with Crippen molar-refractivity contribution in [3.63, 3.8) is 0 Å². The number of allylic oxidation sites excluding steroid dienone is 24. The molecule has 7 unspecified atom stereocenters. The second-order valence-electron chi connectivity index (χ2n) is 34.3. The number of rotatable bonds is 48. The molecule has 0 saturated heterocycles. The highest BCUT2D eigenvalue weighted by Gasteiger charge is 2.07. The minimum atomic E-state index is -0.179. The molecule has 0 radical (unpaired) electrons. The molecule has 0 amide bonds. The highest BCUT2D eigenvalue weighted by molar-refractivity contribution is 5.67. The Balaban J connectivity index is -0.000000157. The summed E-state index contributed by atoms with van der Waals surface area (Å²) in [4.78, 5) is 62.5. The average Bonchev–Trinajstić information content (AvgIpc) is 0.926. The van der Waals surface area contributed by atoms with Gasteiger partial charge < -0.3 is 23.7 Å². The van der Waals surface area contributed by atoms with Gasteiger partial charge in [0.15, 0.2) is 0 Å². The van der Waals surface area contributed by atoms with Crippen molar-refractivity contribution in [3.05, 3.63) is 153 Å². The van der Waals surface area contributed by atoms with Gasteiger partial charge in [-0.3, -0.25) is 28.8 Å². The predicted molar refractivity (Wildman–Crippen MR) is 506 cm³/mol. The fourth-order valence-corrected chi connectivity index (χ4v) is 10.2. The van der Waals surface area contributed by atoms with Crippen molar-refractivity contribution in [2.45, 2.75) is 402 Å². The fourth-order valence-electron chi connectivity index (χ4n) is 10.2. The van der Waals surface area contributed by atoms with Gasteiger partial charge >= 0.3 is 29.8 Å². The van der Waals surface area contributed by atoms with E-state index < -0.39 is 0 Å². The summed E-state index contributed by atoms with van der Waals surface area (Å²) in [5.41, 5.74) is 16.2. The van der Waals surface area contributed by atoms with E-state index in [-0.39, 0.29) is 29.8 Å². The first-order chi connectivity index (χ1) is 53.6. The minimum Gasteiger partial charge on any atom is -0.466 e. The van der Waals surface area contributed by atoms with E-state index in [1.807, 2.05) is 19.9 Å². The van der Waals surface area contributed by atoms with Crippen molar-refractivity contribution in [2.24, 2.45) is 41.4 Å². The molecular formula is C104H188O11. The third kappa shape index (κ3) is 146. The summed E-state index contributed by atoms with van der Waals surface area (Å²) < 4.78 is 24.4. The molecule has 0 aromatic heterocycles. The zero-order chi connectivity index (χ0) is 90.5. The standard InChI is InChI=1S/5C12H22O2.C12H20.C11H22.C11H20.C10H16O/c5*1-10(2)6-5-7-11(3)8-9-14-12(4)13;1-10(2)7-6-8-12(5)9-11(3)4;2*1-5-7-11(4)9-6-8-10(2)3;1-9(2)5-4-6-10(3)7-8-11/h5*6,11H,5,7-9H2,1-4H3;7,9H,3,6,8H2,1-2,4-5H3;8,11H,5-7,9H2,1-4H3;5,8,11H,1,6-7,9H2,2-4H3;5,7-8H,4,6H2,1-3H3/b;;;;;12-9-;;;10-7+. The number of esters is 5. The van der Waals surface area contributed by atoms with Crippen molar-refractivity contribution in [2.75, 3.05) is 33.0 Å². The zero-order valence-electron chi connectivity index (χ0n) is 81.9. The van der Waals surface area contributed by atoms with E-state index in [9.17, 15) is 28.8 Å². The van der Waals surface area contributed by atoms with E-state index in [0.29, 0.717) is 62.6 Å². The van der Waals surface area contributed by atoms with E-state index in [4.69, 9.17) is 23.7 Å². The van der Waals surface area contributed by atoms with Crippen molar-refractivity contribution in [1.29, 1.82) is 0 Å². The summed E-state index contributed by atoms with van der Waals surface area (Å²) >= 11 is 0. The Morgan fingerprint density at radius 2 is 0.470 bits per heavy atom. The van der Waals surface area contributed by atoms with Crippen LogP contribution in [0.4, 0.5) is 0 Å².